The lowest BCUT2D eigenvalue weighted by atomic mass is 10.1. The van der Waals surface area contributed by atoms with Crippen LogP contribution in [-0.4, -0.2) is 18.2 Å². The number of benzene rings is 2. The van der Waals surface area contributed by atoms with Crippen LogP contribution in [0.2, 0.25) is 0 Å². The number of nitrogens with one attached hydrogen (secondary N) is 1. The topological polar surface area (TPSA) is 58.6 Å². The Labute approximate surface area is 111 Å². The second-order valence-corrected chi connectivity index (χ2v) is 4.21. The van der Waals surface area contributed by atoms with E-state index in [1.165, 1.54) is 13.2 Å². The Balaban J connectivity index is 2.36. The number of carboxylic acid groups (broad SMARTS) is 1. The predicted molar refractivity (Wildman–Crippen MR) is 74.4 cm³/mol. The Morgan fingerprint density at radius 3 is 2.63 bits per heavy atom. The van der Waals surface area contributed by atoms with Crippen molar-refractivity contribution in [1.82, 2.24) is 0 Å². The summed E-state index contributed by atoms with van der Waals surface area (Å²) in [5.74, 6) is -0.471. The molecule has 0 saturated carbocycles. The molecule has 0 bridgehead atoms. The van der Waals surface area contributed by atoms with Gasteiger partial charge in [-0.1, -0.05) is 12.1 Å². The standard InChI is InChI=1S/C15H15NO3/c1-10-4-3-5-11(8-10)16-14-7-6-12(19-2)9-13(14)15(17)18/h3-9,16H,1-2H3,(H,17,18). The Bertz CT molecular complexity index is 608. The van der Waals surface area contributed by atoms with E-state index in [1.807, 2.05) is 31.2 Å². The first-order valence-corrected chi connectivity index (χ1v) is 5.85. The van der Waals surface area contributed by atoms with Gasteiger partial charge in [0.1, 0.15) is 5.75 Å². The van der Waals surface area contributed by atoms with Gasteiger partial charge in [0.15, 0.2) is 0 Å². The highest BCUT2D eigenvalue weighted by molar-refractivity contribution is 5.95. The summed E-state index contributed by atoms with van der Waals surface area (Å²) >= 11 is 0. The zero-order valence-electron chi connectivity index (χ0n) is 10.8. The number of rotatable bonds is 4. The molecule has 2 rings (SSSR count). The summed E-state index contributed by atoms with van der Waals surface area (Å²) < 4.78 is 5.04. The number of anilines is 2. The van der Waals surface area contributed by atoms with Gasteiger partial charge in [0.2, 0.25) is 0 Å². The van der Waals surface area contributed by atoms with Gasteiger partial charge in [-0.15, -0.1) is 0 Å². The second-order valence-electron chi connectivity index (χ2n) is 4.21. The fourth-order valence-electron chi connectivity index (χ4n) is 1.81. The number of methoxy groups -OCH3 is 1. The van der Waals surface area contributed by atoms with Crippen LogP contribution in [0.5, 0.6) is 5.75 Å². The van der Waals surface area contributed by atoms with E-state index in [0.717, 1.165) is 11.3 Å². The van der Waals surface area contributed by atoms with Crippen molar-refractivity contribution in [3.05, 3.63) is 53.6 Å². The molecule has 98 valence electrons. The number of aromatic carboxylic acids is 1. The third-order valence-corrected chi connectivity index (χ3v) is 2.75. The molecule has 0 fully saturated rings. The van der Waals surface area contributed by atoms with E-state index >= 15 is 0 Å². The van der Waals surface area contributed by atoms with Gasteiger partial charge in [-0.05, 0) is 42.8 Å². The van der Waals surface area contributed by atoms with E-state index in [2.05, 4.69) is 5.32 Å². The van der Waals surface area contributed by atoms with Gasteiger partial charge < -0.3 is 15.2 Å². The maximum absolute atomic E-state index is 11.3. The largest absolute Gasteiger partial charge is 0.497 e. The van der Waals surface area contributed by atoms with E-state index in [4.69, 9.17) is 4.74 Å². The fourth-order valence-corrected chi connectivity index (χ4v) is 1.81. The quantitative estimate of drug-likeness (QED) is 0.880. The number of hydrogen-bond acceptors (Lipinski definition) is 3. The first-order valence-electron chi connectivity index (χ1n) is 5.85. The maximum Gasteiger partial charge on any atom is 0.337 e. The number of hydrogen-bond donors (Lipinski definition) is 2. The van der Waals surface area contributed by atoms with Crippen LogP contribution >= 0.6 is 0 Å². The summed E-state index contributed by atoms with van der Waals surface area (Å²) in [7, 11) is 1.51. The van der Waals surface area contributed by atoms with E-state index in [1.54, 1.807) is 12.1 Å². The van der Waals surface area contributed by atoms with Crippen molar-refractivity contribution < 1.29 is 14.6 Å². The molecule has 0 atom stereocenters. The van der Waals surface area contributed by atoms with E-state index in [-0.39, 0.29) is 5.56 Å². The van der Waals surface area contributed by atoms with E-state index in [0.29, 0.717) is 11.4 Å². The molecule has 2 aromatic carbocycles. The first-order chi connectivity index (χ1) is 9.10. The predicted octanol–water partition coefficient (Wildman–Crippen LogP) is 3.45. The molecule has 2 aromatic rings. The molecule has 0 aromatic heterocycles. The van der Waals surface area contributed by atoms with Gasteiger partial charge in [-0.2, -0.15) is 0 Å². The third kappa shape index (κ3) is 3.04. The monoisotopic (exact) mass is 257 g/mol. The molecule has 0 spiro atoms. The average molecular weight is 257 g/mol. The average Bonchev–Trinajstić information content (AvgIpc) is 2.39. The van der Waals surface area contributed by atoms with E-state index in [9.17, 15) is 9.90 Å². The molecule has 4 heteroatoms. The van der Waals surface area contributed by atoms with Gasteiger partial charge in [-0.3, -0.25) is 0 Å². The molecule has 0 aliphatic carbocycles. The molecular weight excluding hydrogens is 242 g/mol. The van der Waals surface area contributed by atoms with Crippen molar-refractivity contribution >= 4 is 17.3 Å². The van der Waals surface area contributed by atoms with Crippen LogP contribution in [0.15, 0.2) is 42.5 Å². The van der Waals surface area contributed by atoms with Crippen LogP contribution in [0, 0.1) is 6.92 Å². The van der Waals surface area contributed by atoms with Crippen LogP contribution in [0.4, 0.5) is 11.4 Å². The molecular formula is C15H15NO3. The summed E-state index contributed by atoms with van der Waals surface area (Å²) in [4.78, 5) is 11.3. The summed E-state index contributed by atoms with van der Waals surface area (Å²) in [6, 6.07) is 12.7. The lowest BCUT2D eigenvalue weighted by molar-refractivity contribution is 0.0697. The highest BCUT2D eigenvalue weighted by Gasteiger charge is 2.11. The third-order valence-electron chi connectivity index (χ3n) is 2.75. The van der Waals surface area contributed by atoms with Crippen molar-refractivity contribution in [2.45, 2.75) is 6.92 Å². The van der Waals surface area contributed by atoms with Gasteiger partial charge in [0, 0.05) is 5.69 Å². The van der Waals surface area contributed by atoms with Gasteiger partial charge >= 0.3 is 5.97 Å². The molecule has 19 heavy (non-hydrogen) atoms. The van der Waals surface area contributed by atoms with Gasteiger partial charge in [-0.25, -0.2) is 4.79 Å². The van der Waals surface area contributed by atoms with Crippen molar-refractivity contribution in [3.63, 3.8) is 0 Å². The number of carboxylic acids is 1. The zero-order chi connectivity index (χ0) is 13.8. The van der Waals surface area contributed by atoms with Crippen LogP contribution in [0.25, 0.3) is 0 Å². The van der Waals surface area contributed by atoms with Gasteiger partial charge in [0.25, 0.3) is 0 Å². The maximum atomic E-state index is 11.3. The Morgan fingerprint density at radius 2 is 2.00 bits per heavy atom. The molecule has 0 radical (unpaired) electrons. The fraction of sp³-hybridized carbons (Fsp3) is 0.133. The van der Waals surface area contributed by atoms with Crippen LogP contribution in [0.1, 0.15) is 15.9 Å². The summed E-state index contributed by atoms with van der Waals surface area (Å²) in [6.07, 6.45) is 0. The molecule has 0 saturated heterocycles. The second kappa shape index (κ2) is 5.44. The van der Waals surface area contributed by atoms with Crippen molar-refractivity contribution in [2.24, 2.45) is 0 Å². The lowest BCUT2D eigenvalue weighted by Crippen LogP contribution is -2.03. The summed E-state index contributed by atoms with van der Waals surface area (Å²) in [5, 5.41) is 12.3. The van der Waals surface area contributed by atoms with Crippen molar-refractivity contribution in [3.8, 4) is 5.75 Å². The van der Waals surface area contributed by atoms with Crippen LogP contribution in [0.3, 0.4) is 0 Å². The minimum Gasteiger partial charge on any atom is -0.497 e. The van der Waals surface area contributed by atoms with Crippen LogP contribution in [-0.2, 0) is 0 Å². The SMILES string of the molecule is COc1ccc(Nc2cccc(C)c2)c(C(=O)O)c1. The highest BCUT2D eigenvalue weighted by atomic mass is 16.5. The zero-order valence-corrected chi connectivity index (χ0v) is 10.8. The van der Waals surface area contributed by atoms with E-state index < -0.39 is 5.97 Å². The molecule has 4 nitrogen and oxygen atoms in total. The lowest BCUT2D eigenvalue weighted by Gasteiger charge is -2.11. The molecule has 0 aliphatic rings. The number of ether oxygens (including phenoxy) is 1. The molecule has 2 N–H and O–H groups in total. The first kappa shape index (κ1) is 13.0. The molecule has 0 unspecified atom stereocenters. The number of carbonyl (C=O) groups is 1. The number of aryl methyl sites for hydroxylation is 1. The van der Waals surface area contributed by atoms with Crippen molar-refractivity contribution in [2.75, 3.05) is 12.4 Å². The highest BCUT2D eigenvalue weighted by Crippen LogP contribution is 2.25. The molecule has 0 aliphatic heterocycles. The Morgan fingerprint density at radius 1 is 1.21 bits per heavy atom. The molecule has 0 amide bonds. The van der Waals surface area contributed by atoms with Crippen LogP contribution < -0.4 is 10.1 Å². The normalized spacial score (nSPS) is 10.0. The molecule has 0 heterocycles. The summed E-state index contributed by atoms with van der Waals surface area (Å²) in [5.41, 5.74) is 2.68. The summed E-state index contributed by atoms with van der Waals surface area (Å²) in [6.45, 7) is 1.98. The van der Waals surface area contributed by atoms with Gasteiger partial charge in [0.05, 0.1) is 18.4 Å². The minimum absolute atomic E-state index is 0.181. The Kier molecular flexibility index (Phi) is 3.71. The minimum atomic E-state index is -0.992. The smallest absolute Gasteiger partial charge is 0.337 e. The Hall–Kier alpha value is -2.49. The van der Waals surface area contributed by atoms with Crippen molar-refractivity contribution in [1.29, 1.82) is 0 Å².